The van der Waals surface area contributed by atoms with E-state index in [1.54, 1.807) is 0 Å². The lowest BCUT2D eigenvalue weighted by molar-refractivity contribution is -0.117. The number of amides is 1. The largest absolute Gasteiger partial charge is 0.376 e. The summed E-state index contributed by atoms with van der Waals surface area (Å²) in [5, 5.41) is 24.8. The van der Waals surface area contributed by atoms with Gasteiger partial charge < -0.3 is 14.6 Å². The molecule has 3 heterocycles. The fraction of sp³-hybridized carbons (Fsp3) is 0.381. The number of carbonyl (C=O) groups is 1. The Labute approximate surface area is 174 Å². The Kier molecular flexibility index (Phi) is 5.59. The average Bonchev–Trinajstić information content (AvgIpc) is 3.47. The number of ether oxygens (including phenoxy) is 1. The van der Waals surface area contributed by atoms with Crippen molar-refractivity contribution >= 4 is 11.7 Å². The molecule has 4 rings (SSSR count). The highest BCUT2D eigenvalue weighted by Crippen LogP contribution is 2.28. The Bertz CT molecular complexity index is 1090. The lowest BCUT2D eigenvalue weighted by atomic mass is 10.2. The van der Waals surface area contributed by atoms with E-state index in [9.17, 15) is 10.1 Å². The first-order valence-corrected chi connectivity index (χ1v) is 9.91. The van der Waals surface area contributed by atoms with Crippen molar-refractivity contribution in [3.63, 3.8) is 0 Å². The van der Waals surface area contributed by atoms with Crippen molar-refractivity contribution in [2.45, 2.75) is 45.9 Å². The van der Waals surface area contributed by atoms with Crippen LogP contribution >= 0.6 is 0 Å². The zero-order valence-electron chi connectivity index (χ0n) is 17.0. The molecule has 1 amide bonds. The van der Waals surface area contributed by atoms with Gasteiger partial charge in [0.05, 0.1) is 18.2 Å². The van der Waals surface area contributed by atoms with Crippen molar-refractivity contribution in [1.29, 1.82) is 5.26 Å². The Morgan fingerprint density at radius 3 is 2.83 bits per heavy atom. The molecule has 3 aromatic rings. The molecule has 1 saturated heterocycles. The van der Waals surface area contributed by atoms with Gasteiger partial charge in [-0.1, -0.05) is 30.3 Å². The highest BCUT2D eigenvalue weighted by Gasteiger charge is 2.24. The van der Waals surface area contributed by atoms with Gasteiger partial charge in [0, 0.05) is 17.9 Å². The van der Waals surface area contributed by atoms with E-state index in [1.807, 2.05) is 48.7 Å². The first-order chi connectivity index (χ1) is 14.6. The van der Waals surface area contributed by atoms with Crippen LogP contribution in [0.5, 0.6) is 0 Å². The summed E-state index contributed by atoms with van der Waals surface area (Å²) in [7, 11) is 0. The maximum absolute atomic E-state index is 12.7. The molecule has 0 unspecified atom stereocenters. The van der Waals surface area contributed by atoms with E-state index >= 15 is 0 Å². The van der Waals surface area contributed by atoms with E-state index in [1.165, 1.54) is 4.80 Å². The van der Waals surface area contributed by atoms with Crippen LogP contribution in [-0.2, 0) is 22.6 Å². The molecule has 1 aromatic carbocycles. The second-order valence-electron chi connectivity index (χ2n) is 7.35. The van der Waals surface area contributed by atoms with Crippen LogP contribution in [0, 0.1) is 25.2 Å². The molecule has 1 N–H and O–H groups in total. The van der Waals surface area contributed by atoms with Gasteiger partial charge in [0.2, 0.25) is 11.7 Å². The quantitative estimate of drug-likeness (QED) is 0.674. The molecule has 9 nitrogen and oxygen atoms in total. The lowest BCUT2D eigenvalue weighted by Gasteiger charge is -2.16. The number of rotatable bonds is 6. The van der Waals surface area contributed by atoms with Gasteiger partial charge in [-0.15, -0.1) is 10.2 Å². The van der Waals surface area contributed by atoms with Gasteiger partial charge >= 0.3 is 0 Å². The van der Waals surface area contributed by atoms with E-state index in [2.05, 4.69) is 26.8 Å². The predicted molar refractivity (Wildman–Crippen MR) is 109 cm³/mol. The zero-order chi connectivity index (χ0) is 21.1. The van der Waals surface area contributed by atoms with Gasteiger partial charge in [-0.3, -0.25) is 4.79 Å². The van der Waals surface area contributed by atoms with E-state index in [0.29, 0.717) is 23.8 Å². The fourth-order valence-electron chi connectivity index (χ4n) is 3.66. The third kappa shape index (κ3) is 3.95. The molecular weight excluding hydrogens is 382 g/mol. The van der Waals surface area contributed by atoms with Gasteiger partial charge in [0.15, 0.2) is 0 Å². The molecule has 154 valence electrons. The average molecular weight is 405 g/mol. The molecule has 1 atom stereocenters. The summed E-state index contributed by atoms with van der Waals surface area (Å²) in [5.41, 5.74) is 3.10. The van der Waals surface area contributed by atoms with E-state index in [-0.39, 0.29) is 18.6 Å². The second kappa shape index (κ2) is 8.47. The normalized spacial score (nSPS) is 15.8. The van der Waals surface area contributed by atoms with E-state index in [0.717, 1.165) is 36.3 Å². The number of nitrogens with one attached hydrogen (secondary N) is 1. The molecule has 0 saturated carbocycles. The molecule has 0 spiro atoms. The van der Waals surface area contributed by atoms with Gasteiger partial charge in [-0.2, -0.15) is 10.1 Å². The van der Waals surface area contributed by atoms with Crippen molar-refractivity contribution in [2.75, 3.05) is 11.9 Å². The SMILES string of the molecule is Cc1c(C#N)c(NC(=O)Cn2nnc(-c3ccccc3)n2)n(C[C@H]2CCCO2)c1C. The number of hydrogen-bond donors (Lipinski definition) is 1. The minimum atomic E-state index is -0.324. The monoisotopic (exact) mass is 405 g/mol. The minimum Gasteiger partial charge on any atom is -0.376 e. The molecule has 1 aliphatic heterocycles. The topological polar surface area (TPSA) is 111 Å². The predicted octanol–water partition coefficient (Wildman–Crippen LogP) is 2.45. The van der Waals surface area contributed by atoms with Crippen LogP contribution < -0.4 is 5.32 Å². The molecule has 30 heavy (non-hydrogen) atoms. The Morgan fingerprint density at radius 1 is 1.33 bits per heavy atom. The van der Waals surface area contributed by atoms with Crippen LogP contribution in [0.2, 0.25) is 0 Å². The molecule has 0 bridgehead atoms. The summed E-state index contributed by atoms with van der Waals surface area (Å²) < 4.78 is 7.71. The molecule has 2 aromatic heterocycles. The first kappa shape index (κ1) is 19.8. The van der Waals surface area contributed by atoms with Gasteiger partial charge in [-0.05, 0) is 37.5 Å². The van der Waals surface area contributed by atoms with Crippen LogP contribution in [0.4, 0.5) is 5.82 Å². The number of hydrogen-bond acceptors (Lipinski definition) is 6. The molecule has 9 heteroatoms. The van der Waals surface area contributed by atoms with Gasteiger partial charge in [-0.25, -0.2) is 0 Å². The van der Waals surface area contributed by atoms with Crippen LogP contribution in [0.15, 0.2) is 30.3 Å². The van der Waals surface area contributed by atoms with Crippen molar-refractivity contribution in [1.82, 2.24) is 24.8 Å². The number of anilines is 1. The third-order valence-corrected chi connectivity index (χ3v) is 5.38. The van der Waals surface area contributed by atoms with E-state index < -0.39 is 0 Å². The van der Waals surface area contributed by atoms with Gasteiger partial charge in [0.1, 0.15) is 18.4 Å². The Balaban J connectivity index is 1.52. The highest BCUT2D eigenvalue weighted by molar-refractivity contribution is 5.91. The van der Waals surface area contributed by atoms with Crippen LogP contribution in [0.1, 0.15) is 29.7 Å². The van der Waals surface area contributed by atoms with Crippen molar-refractivity contribution in [2.24, 2.45) is 0 Å². The van der Waals surface area contributed by atoms with Crippen LogP contribution in [-0.4, -0.2) is 43.4 Å². The molecule has 1 fully saturated rings. The number of tetrazole rings is 1. The Morgan fingerprint density at radius 2 is 2.13 bits per heavy atom. The second-order valence-corrected chi connectivity index (χ2v) is 7.35. The maximum atomic E-state index is 12.7. The fourth-order valence-corrected chi connectivity index (χ4v) is 3.66. The summed E-state index contributed by atoms with van der Waals surface area (Å²) in [5.74, 6) is 0.626. The minimum absolute atomic E-state index is 0.0862. The summed E-state index contributed by atoms with van der Waals surface area (Å²) in [6, 6.07) is 11.7. The number of carbonyl (C=O) groups excluding carboxylic acids is 1. The van der Waals surface area contributed by atoms with E-state index in [4.69, 9.17) is 4.74 Å². The van der Waals surface area contributed by atoms with Crippen LogP contribution in [0.3, 0.4) is 0 Å². The molecule has 0 aliphatic carbocycles. The molecule has 1 aliphatic rings. The van der Waals surface area contributed by atoms with Crippen LogP contribution in [0.25, 0.3) is 11.4 Å². The number of nitrogens with zero attached hydrogens (tertiary/aromatic N) is 6. The number of nitriles is 1. The maximum Gasteiger partial charge on any atom is 0.249 e. The first-order valence-electron chi connectivity index (χ1n) is 9.91. The zero-order valence-corrected chi connectivity index (χ0v) is 17.0. The third-order valence-electron chi connectivity index (χ3n) is 5.38. The van der Waals surface area contributed by atoms with Crippen molar-refractivity contribution in [3.8, 4) is 17.5 Å². The highest BCUT2D eigenvalue weighted by atomic mass is 16.5. The molecular formula is C21H23N7O2. The molecule has 0 radical (unpaired) electrons. The lowest BCUT2D eigenvalue weighted by Crippen LogP contribution is -2.24. The summed E-state index contributed by atoms with van der Waals surface area (Å²) in [4.78, 5) is 14.0. The summed E-state index contributed by atoms with van der Waals surface area (Å²) >= 11 is 0. The van der Waals surface area contributed by atoms with Gasteiger partial charge in [0.25, 0.3) is 0 Å². The van der Waals surface area contributed by atoms with Crippen molar-refractivity contribution < 1.29 is 9.53 Å². The summed E-state index contributed by atoms with van der Waals surface area (Å²) in [6.45, 7) is 5.09. The number of benzene rings is 1. The summed E-state index contributed by atoms with van der Waals surface area (Å²) in [6.07, 6.45) is 2.08. The standard InChI is InChI=1S/C21H23N7O2/c1-14-15(2)27(12-17-9-6-10-30-17)21(18(14)11-22)23-19(29)13-28-25-20(24-26-28)16-7-4-3-5-8-16/h3-5,7-8,17H,6,9-10,12-13H2,1-2H3,(H,23,29)/t17-/m1/s1. The Hall–Kier alpha value is -3.51. The number of aromatic nitrogens is 5. The van der Waals surface area contributed by atoms with Crippen molar-refractivity contribution in [3.05, 3.63) is 47.2 Å². The smallest absolute Gasteiger partial charge is 0.249 e.